The molecular weight excluding hydrogens is 218 g/mol. The Kier molecular flexibility index (Phi) is 3.28. The average Bonchev–Trinajstić information content (AvgIpc) is 2.30. The van der Waals surface area contributed by atoms with E-state index in [0.717, 1.165) is 21.7 Å². The summed E-state index contributed by atoms with van der Waals surface area (Å²) in [5.74, 6) is 0. The lowest BCUT2D eigenvalue weighted by Gasteiger charge is -2.09. The number of halogens is 1. The van der Waals surface area contributed by atoms with Crippen LogP contribution in [0.2, 0.25) is 5.02 Å². The van der Waals surface area contributed by atoms with Crippen LogP contribution in [0.4, 0.5) is 0 Å². The van der Waals surface area contributed by atoms with Gasteiger partial charge in [-0.2, -0.15) is 0 Å². The quantitative estimate of drug-likeness (QED) is 0.830. The molecular formula is C14H14ClN. The molecule has 0 aliphatic heterocycles. The monoisotopic (exact) mass is 231 g/mol. The fraction of sp³-hybridized carbons (Fsp3) is 0.143. The van der Waals surface area contributed by atoms with Crippen molar-refractivity contribution >= 4 is 11.6 Å². The van der Waals surface area contributed by atoms with Crippen LogP contribution in [0.5, 0.6) is 0 Å². The molecule has 0 amide bonds. The lowest BCUT2D eigenvalue weighted by Crippen LogP contribution is -2.04. The van der Waals surface area contributed by atoms with E-state index in [1.807, 2.05) is 49.4 Å². The van der Waals surface area contributed by atoms with E-state index in [-0.39, 0.29) is 6.04 Å². The highest BCUT2D eigenvalue weighted by Crippen LogP contribution is 2.28. The van der Waals surface area contributed by atoms with Crippen molar-refractivity contribution in [3.05, 3.63) is 59.1 Å². The molecule has 0 spiro atoms. The van der Waals surface area contributed by atoms with Gasteiger partial charge >= 0.3 is 0 Å². The minimum absolute atomic E-state index is 0.0439. The maximum Gasteiger partial charge on any atom is 0.0484 e. The van der Waals surface area contributed by atoms with Crippen molar-refractivity contribution in [2.24, 2.45) is 5.73 Å². The third-order valence-electron chi connectivity index (χ3n) is 2.60. The van der Waals surface area contributed by atoms with Crippen molar-refractivity contribution in [1.82, 2.24) is 0 Å². The highest BCUT2D eigenvalue weighted by atomic mass is 35.5. The number of rotatable bonds is 2. The highest BCUT2D eigenvalue weighted by Gasteiger charge is 2.04. The maximum atomic E-state index is 6.16. The summed E-state index contributed by atoms with van der Waals surface area (Å²) in [5.41, 5.74) is 9.15. The van der Waals surface area contributed by atoms with Gasteiger partial charge in [0.05, 0.1) is 0 Å². The van der Waals surface area contributed by atoms with Crippen molar-refractivity contribution in [1.29, 1.82) is 0 Å². The minimum Gasteiger partial charge on any atom is -0.324 e. The second kappa shape index (κ2) is 4.69. The molecule has 0 fully saturated rings. The van der Waals surface area contributed by atoms with E-state index < -0.39 is 0 Å². The van der Waals surface area contributed by atoms with E-state index in [9.17, 15) is 0 Å². The largest absolute Gasteiger partial charge is 0.324 e. The standard InChI is InChI=1S/C14H14ClN/c1-10(16)11-5-4-6-12(9-11)13-7-2-3-8-14(13)15/h2-10H,16H2,1H3. The van der Waals surface area contributed by atoms with Gasteiger partial charge in [0.2, 0.25) is 0 Å². The van der Waals surface area contributed by atoms with Crippen LogP contribution in [-0.2, 0) is 0 Å². The molecule has 0 aliphatic carbocycles. The van der Waals surface area contributed by atoms with E-state index >= 15 is 0 Å². The zero-order valence-electron chi connectivity index (χ0n) is 9.15. The van der Waals surface area contributed by atoms with E-state index in [0.29, 0.717) is 0 Å². The van der Waals surface area contributed by atoms with Gasteiger partial charge in [-0.1, -0.05) is 48.0 Å². The molecule has 2 N–H and O–H groups in total. The number of nitrogens with two attached hydrogens (primary N) is 1. The normalized spacial score (nSPS) is 12.4. The molecule has 1 unspecified atom stereocenters. The maximum absolute atomic E-state index is 6.16. The van der Waals surface area contributed by atoms with Crippen LogP contribution in [-0.4, -0.2) is 0 Å². The Balaban J connectivity index is 2.49. The molecule has 2 heteroatoms. The summed E-state index contributed by atoms with van der Waals surface area (Å²) in [7, 11) is 0. The molecule has 0 aromatic heterocycles. The number of benzene rings is 2. The van der Waals surface area contributed by atoms with Crippen LogP contribution >= 0.6 is 11.6 Å². The van der Waals surface area contributed by atoms with E-state index in [1.54, 1.807) is 0 Å². The molecule has 2 rings (SSSR count). The molecule has 2 aromatic carbocycles. The molecule has 82 valence electrons. The Morgan fingerprint density at radius 1 is 1.06 bits per heavy atom. The molecule has 0 saturated carbocycles. The Morgan fingerprint density at radius 2 is 1.81 bits per heavy atom. The third kappa shape index (κ3) is 2.26. The number of hydrogen-bond donors (Lipinski definition) is 1. The molecule has 0 saturated heterocycles. The predicted molar refractivity (Wildman–Crippen MR) is 69.5 cm³/mol. The van der Waals surface area contributed by atoms with Crippen LogP contribution in [0.25, 0.3) is 11.1 Å². The lowest BCUT2D eigenvalue weighted by molar-refractivity contribution is 0.819. The third-order valence-corrected chi connectivity index (χ3v) is 2.93. The summed E-state index contributed by atoms with van der Waals surface area (Å²) in [6.45, 7) is 1.98. The average molecular weight is 232 g/mol. The Labute approximate surface area is 101 Å². The smallest absolute Gasteiger partial charge is 0.0484 e. The summed E-state index contributed by atoms with van der Waals surface area (Å²) in [5, 5.41) is 0.768. The van der Waals surface area contributed by atoms with Crippen molar-refractivity contribution in [3.63, 3.8) is 0 Å². The molecule has 2 aromatic rings. The van der Waals surface area contributed by atoms with Gasteiger partial charge < -0.3 is 5.73 Å². The first-order valence-corrected chi connectivity index (χ1v) is 5.67. The van der Waals surface area contributed by atoms with Crippen LogP contribution in [0.3, 0.4) is 0 Å². The van der Waals surface area contributed by atoms with Crippen molar-refractivity contribution < 1.29 is 0 Å². The van der Waals surface area contributed by atoms with Gasteiger partial charge in [-0.3, -0.25) is 0 Å². The summed E-state index contributed by atoms with van der Waals surface area (Å²) in [6, 6.07) is 16.1. The van der Waals surface area contributed by atoms with Crippen molar-refractivity contribution in [2.75, 3.05) is 0 Å². The van der Waals surface area contributed by atoms with Crippen LogP contribution < -0.4 is 5.73 Å². The molecule has 1 atom stereocenters. The second-order valence-corrected chi connectivity index (χ2v) is 4.30. The molecule has 0 aliphatic rings. The fourth-order valence-electron chi connectivity index (χ4n) is 1.68. The minimum atomic E-state index is 0.0439. The Hall–Kier alpha value is -1.31. The topological polar surface area (TPSA) is 26.0 Å². The molecule has 0 radical (unpaired) electrons. The second-order valence-electron chi connectivity index (χ2n) is 3.89. The van der Waals surface area contributed by atoms with Gasteiger partial charge in [0.25, 0.3) is 0 Å². The molecule has 16 heavy (non-hydrogen) atoms. The van der Waals surface area contributed by atoms with Gasteiger partial charge in [0.1, 0.15) is 0 Å². The summed E-state index contributed by atoms with van der Waals surface area (Å²) < 4.78 is 0. The summed E-state index contributed by atoms with van der Waals surface area (Å²) in [4.78, 5) is 0. The van der Waals surface area contributed by atoms with Gasteiger partial charge in [-0.15, -0.1) is 0 Å². The first-order chi connectivity index (χ1) is 7.68. The van der Waals surface area contributed by atoms with Crippen molar-refractivity contribution in [3.8, 4) is 11.1 Å². The predicted octanol–water partition coefficient (Wildman–Crippen LogP) is 4.03. The Morgan fingerprint density at radius 3 is 2.50 bits per heavy atom. The number of hydrogen-bond acceptors (Lipinski definition) is 1. The van der Waals surface area contributed by atoms with Gasteiger partial charge in [0.15, 0.2) is 0 Å². The van der Waals surface area contributed by atoms with Crippen LogP contribution in [0, 0.1) is 0 Å². The van der Waals surface area contributed by atoms with Crippen molar-refractivity contribution in [2.45, 2.75) is 13.0 Å². The SMILES string of the molecule is CC(N)c1cccc(-c2ccccc2Cl)c1. The summed E-state index contributed by atoms with van der Waals surface area (Å²) in [6.07, 6.45) is 0. The van der Waals surface area contributed by atoms with Gasteiger partial charge in [0, 0.05) is 16.6 Å². The Bertz CT molecular complexity index is 492. The lowest BCUT2D eigenvalue weighted by atomic mass is 10.0. The molecule has 1 nitrogen and oxygen atoms in total. The highest BCUT2D eigenvalue weighted by molar-refractivity contribution is 6.33. The first-order valence-electron chi connectivity index (χ1n) is 5.29. The van der Waals surface area contributed by atoms with Gasteiger partial charge in [-0.05, 0) is 30.2 Å². The molecule has 0 bridgehead atoms. The molecule has 0 heterocycles. The van der Waals surface area contributed by atoms with Crippen LogP contribution in [0.1, 0.15) is 18.5 Å². The fourth-order valence-corrected chi connectivity index (χ4v) is 1.93. The van der Waals surface area contributed by atoms with E-state index in [1.165, 1.54) is 0 Å². The summed E-state index contributed by atoms with van der Waals surface area (Å²) >= 11 is 6.16. The zero-order valence-corrected chi connectivity index (χ0v) is 9.91. The van der Waals surface area contributed by atoms with Gasteiger partial charge in [-0.25, -0.2) is 0 Å². The van der Waals surface area contributed by atoms with E-state index in [4.69, 9.17) is 17.3 Å². The zero-order chi connectivity index (χ0) is 11.5. The van der Waals surface area contributed by atoms with E-state index in [2.05, 4.69) is 6.07 Å². The first kappa shape index (κ1) is 11.2. The van der Waals surface area contributed by atoms with Crippen LogP contribution in [0.15, 0.2) is 48.5 Å².